The van der Waals surface area contributed by atoms with Crippen LogP contribution in [-0.2, 0) is 6.54 Å². The van der Waals surface area contributed by atoms with Gasteiger partial charge in [0.1, 0.15) is 0 Å². The van der Waals surface area contributed by atoms with E-state index >= 15 is 0 Å². The Morgan fingerprint density at radius 3 is 2.91 bits per heavy atom. The molecule has 0 radical (unpaired) electrons. The van der Waals surface area contributed by atoms with Crippen LogP contribution in [0.15, 0.2) is 23.8 Å². The Morgan fingerprint density at radius 2 is 2.09 bits per heavy atom. The van der Waals surface area contributed by atoms with Gasteiger partial charge in [0.2, 0.25) is 0 Å². The summed E-state index contributed by atoms with van der Waals surface area (Å²) in [5.74, 6) is 1.32. The first kappa shape index (κ1) is 15.0. The molecule has 1 saturated heterocycles. The van der Waals surface area contributed by atoms with Crippen molar-refractivity contribution in [3.63, 3.8) is 0 Å². The maximum absolute atomic E-state index is 5.73. The second-order valence-corrected chi connectivity index (χ2v) is 7.43. The number of thiazole rings is 1. The zero-order valence-corrected chi connectivity index (χ0v) is 14.0. The van der Waals surface area contributed by atoms with Crippen LogP contribution in [-0.4, -0.2) is 39.5 Å². The zero-order valence-electron chi connectivity index (χ0n) is 13.2. The van der Waals surface area contributed by atoms with E-state index in [0.717, 1.165) is 25.6 Å². The predicted molar refractivity (Wildman–Crippen MR) is 89.6 cm³/mol. The average Bonchev–Trinajstić information content (AvgIpc) is 3.34. The van der Waals surface area contributed by atoms with Crippen LogP contribution in [0.5, 0.6) is 6.01 Å². The summed E-state index contributed by atoms with van der Waals surface area (Å²) in [5, 5.41) is 3.59. The topological polar surface area (TPSA) is 51.1 Å². The van der Waals surface area contributed by atoms with Crippen molar-refractivity contribution in [1.29, 1.82) is 0 Å². The van der Waals surface area contributed by atoms with Crippen molar-refractivity contribution in [1.82, 2.24) is 19.9 Å². The first-order chi connectivity index (χ1) is 11.4. The first-order valence-electron chi connectivity index (χ1n) is 8.43. The zero-order chi connectivity index (χ0) is 15.5. The van der Waals surface area contributed by atoms with E-state index in [-0.39, 0.29) is 0 Å². The fraction of sp³-hybridized carbons (Fsp3) is 0.588. The molecule has 0 aromatic carbocycles. The molecule has 1 aliphatic heterocycles. The molecule has 5 nitrogen and oxygen atoms in total. The molecule has 2 aliphatic rings. The first-order valence-corrected chi connectivity index (χ1v) is 9.31. The largest absolute Gasteiger partial charge is 0.463 e. The summed E-state index contributed by atoms with van der Waals surface area (Å²) in [6.07, 6.45) is 8.54. The number of rotatable bonds is 6. The number of likely N-dealkylation sites (tertiary alicyclic amines) is 1. The maximum Gasteiger partial charge on any atom is 0.316 e. The summed E-state index contributed by atoms with van der Waals surface area (Å²) in [4.78, 5) is 15.6. The minimum Gasteiger partial charge on any atom is -0.463 e. The highest BCUT2D eigenvalue weighted by Crippen LogP contribution is 2.41. The van der Waals surface area contributed by atoms with Gasteiger partial charge in [-0.15, -0.1) is 11.3 Å². The summed E-state index contributed by atoms with van der Waals surface area (Å²) >= 11 is 1.84. The van der Waals surface area contributed by atoms with Crippen LogP contribution in [0.3, 0.4) is 0 Å². The molecule has 2 fully saturated rings. The molecule has 2 aromatic rings. The number of aromatic nitrogens is 3. The van der Waals surface area contributed by atoms with Gasteiger partial charge in [-0.1, -0.05) is 0 Å². The van der Waals surface area contributed by atoms with E-state index in [9.17, 15) is 0 Å². The Balaban J connectivity index is 1.28. The second-order valence-electron chi connectivity index (χ2n) is 6.54. The number of ether oxygens (including phenoxy) is 1. The molecule has 23 heavy (non-hydrogen) atoms. The van der Waals surface area contributed by atoms with Crippen LogP contribution >= 0.6 is 11.3 Å². The van der Waals surface area contributed by atoms with Crippen LogP contribution in [0.25, 0.3) is 0 Å². The normalized spacial score (nSPS) is 22.2. The highest BCUT2D eigenvalue weighted by atomic mass is 32.1. The molecule has 3 heterocycles. The molecule has 122 valence electrons. The van der Waals surface area contributed by atoms with E-state index in [1.165, 1.54) is 36.4 Å². The molecule has 2 aromatic heterocycles. The Kier molecular flexibility index (Phi) is 4.52. The lowest BCUT2D eigenvalue weighted by atomic mass is 9.99. The summed E-state index contributed by atoms with van der Waals surface area (Å²) in [5.41, 5.74) is 1.24. The fourth-order valence-electron chi connectivity index (χ4n) is 3.13. The van der Waals surface area contributed by atoms with Gasteiger partial charge in [-0.05, 0) is 38.3 Å². The Hall–Kier alpha value is -1.53. The van der Waals surface area contributed by atoms with Gasteiger partial charge in [-0.25, -0.2) is 15.0 Å². The molecular formula is C17H22N4OS. The van der Waals surface area contributed by atoms with E-state index in [1.54, 1.807) is 18.5 Å². The van der Waals surface area contributed by atoms with Crippen LogP contribution < -0.4 is 4.74 Å². The quantitative estimate of drug-likeness (QED) is 0.814. The third kappa shape index (κ3) is 4.06. The molecular weight excluding hydrogens is 308 g/mol. The standard InChI is InChI=1S/C17H22N4OS/c1-3-13(11-22-17-18-6-2-7-19-17)9-21(8-1)10-15-12-23-16(20-15)14-4-5-14/h2,6-7,12-14H,1,3-5,8-11H2. The van der Waals surface area contributed by atoms with E-state index in [1.807, 2.05) is 11.3 Å². The number of nitrogens with zero attached hydrogens (tertiary/aromatic N) is 4. The van der Waals surface area contributed by atoms with Crippen molar-refractivity contribution in [3.8, 4) is 6.01 Å². The van der Waals surface area contributed by atoms with Crippen LogP contribution in [0.1, 0.15) is 42.3 Å². The second kappa shape index (κ2) is 6.93. The molecule has 6 heteroatoms. The molecule has 0 bridgehead atoms. The van der Waals surface area contributed by atoms with Crippen molar-refractivity contribution in [3.05, 3.63) is 34.5 Å². The van der Waals surface area contributed by atoms with E-state index in [0.29, 0.717) is 18.5 Å². The Morgan fingerprint density at radius 1 is 1.22 bits per heavy atom. The monoisotopic (exact) mass is 330 g/mol. The third-order valence-electron chi connectivity index (χ3n) is 4.48. The highest BCUT2D eigenvalue weighted by molar-refractivity contribution is 7.09. The molecule has 1 saturated carbocycles. The minimum atomic E-state index is 0.484. The lowest BCUT2D eigenvalue weighted by Gasteiger charge is -2.31. The van der Waals surface area contributed by atoms with Gasteiger partial charge >= 0.3 is 6.01 Å². The van der Waals surface area contributed by atoms with Gasteiger partial charge in [0.15, 0.2) is 0 Å². The number of piperidine rings is 1. The molecule has 0 N–H and O–H groups in total. The summed E-state index contributed by atoms with van der Waals surface area (Å²) in [6.45, 7) is 3.91. The average molecular weight is 330 g/mol. The van der Waals surface area contributed by atoms with Crippen molar-refractivity contribution in [2.75, 3.05) is 19.7 Å². The lowest BCUT2D eigenvalue weighted by Crippen LogP contribution is -2.37. The Labute approximate surface area is 140 Å². The van der Waals surface area contributed by atoms with Crippen LogP contribution in [0.2, 0.25) is 0 Å². The van der Waals surface area contributed by atoms with Gasteiger partial charge in [-0.3, -0.25) is 4.90 Å². The highest BCUT2D eigenvalue weighted by Gasteiger charge is 2.27. The summed E-state index contributed by atoms with van der Waals surface area (Å²) in [6, 6.07) is 2.29. The van der Waals surface area contributed by atoms with Crippen molar-refractivity contribution >= 4 is 11.3 Å². The SMILES string of the molecule is c1cnc(OCC2CCCN(Cc3csc(C4CC4)n3)C2)nc1. The lowest BCUT2D eigenvalue weighted by molar-refractivity contribution is 0.120. The van der Waals surface area contributed by atoms with Crippen LogP contribution in [0, 0.1) is 5.92 Å². The van der Waals surface area contributed by atoms with Gasteiger partial charge in [-0.2, -0.15) is 0 Å². The number of hydrogen-bond donors (Lipinski definition) is 0. The van der Waals surface area contributed by atoms with E-state index in [2.05, 4.69) is 20.2 Å². The van der Waals surface area contributed by atoms with Crippen molar-refractivity contribution in [2.24, 2.45) is 5.92 Å². The Bertz CT molecular complexity index is 629. The third-order valence-corrected chi connectivity index (χ3v) is 5.53. The fourth-order valence-corrected chi connectivity index (χ4v) is 4.11. The summed E-state index contributed by atoms with van der Waals surface area (Å²) < 4.78 is 5.73. The molecule has 0 spiro atoms. The van der Waals surface area contributed by atoms with Crippen LogP contribution in [0.4, 0.5) is 0 Å². The molecule has 4 rings (SSSR count). The van der Waals surface area contributed by atoms with E-state index in [4.69, 9.17) is 9.72 Å². The van der Waals surface area contributed by atoms with Gasteiger partial charge in [0.25, 0.3) is 0 Å². The molecule has 0 amide bonds. The van der Waals surface area contributed by atoms with Crippen molar-refractivity contribution < 1.29 is 4.74 Å². The van der Waals surface area contributed by atoms with E-state index < -0.39 is 0 Å². The number of hydrogen-bond acceptors (Lipinski definition) is 6. The smallest absolute Gasteiger partial charge is 0.316 e. The molecule has 1 atom stereocenters. The van der Waals surface area contributed by atoms with Gasteiger partial charge < -0.3 is 4.74 Å². The maximum atomic E-state index is 5.73. The van der Waals surface area contributed by atoms with Crippen molar-refractivity contribution in [2.45, 2.75) is 38.1 Å². The molecule has 1 aliphatic carbocycles. The minimum absolute atomic E-state index is 0.484. The van der Waals surface area contributed by atoms with Gasteiger partial charge in [0, 0.05) is 42.7 Å². The van der Waals surface area contributed by atoms with Gasteiger partial charge in [0.05, 0.1) is 17.3 Å². The molecule has 1 unspecified atom stereocenters. The summed E-state index contributed by atoms with van der Waals surface area (Å²) in [7, 11) is 0. The predicted octanol–water partition coefficient (Wildman–Crippen LogP) is 3.10.